The molecule has 2 aromatic rings. The van der Waals surface area contributed by atoms with Crippen molar-refractivity contribution in [1.82, 2.24) is 15.2 Å². The summed E-state index contributed by atoms with van der Waals surface area (Å²) in [7, 11) is 0. The molecule has 1 aromatic heterocycles. The standard InChI is InChI=1S/C20H26ClN3O2S/c1-3-5-11-22-19(25)17-14-27-18(23-17)13-24(12-6-4-2)20(26)15-9-7-8-10-16(15)21/h7-10,14H,3-6,11-13H2,1-2H3,(H,22,25). The molecule has 27 heavy (non-hydrogen) atoms. The molecule has 1 heterocycles. The summed E-state index contributed by atoms with van der Waals surface area (Å²) in [6.45, 7) is 5.80. The number of halogens is 1. The molecular formula is C20H26ClN3O2S. The summed E-state index contributed by atoms with van der Waals surface area (Å²) in [4.78, 5) is 31.2. The van der Waals surface area contributed by atoms with Gasteiger partial charge in [0.05, 0.1) is 17.1 Å². The monoisotopic (exact) mass is 407 g/mol. The van der Waals surface area contributed by atoms with E-state index in [-0.39, 0.29) is 11.8 Å². The van der Waals surface area contributed by atoms with Crippen LogP contribution in [0.2, 0.25) is 5.02 Å². The molecule has 0 aliphatic carbocycles. The highest BCUT2D eigenvalue weighted by atomic mass is 35.5. The molecule has 1 aromatic carbocycles. The maximum Gasteiger partial charge on any atom is 0.270 e. The lowest BCUT2D eigenvalue weighted by Gasteiger charge is -2.22. The van der Waals surface area contributed by atoms with Crippen LogP contribution in [0.25, 0.3) is 0 Å². The first-order chi connectivity index (χ1) is 13.1. The summed E-state index contributed by atoms with van der Waals surface area (Å²) in [5.41, 5.74) is 0.899. The lowest BCUT2D eigenvalue weighted by Crippen LogP contribution is -2.32. The number of carbonyl (C=O) groups is 2. The van der Waals surface area contributed by atoms with Crippen LogP contribution in [0.3, 0.4) is 0 Å². The zero-order valence-electron chi connectivity index (χ0n) is 15.8. The number of carbonyl (C=O) groups excluding carboxylic acids is 2. The van der Waals surface area contributed by atoms with Crippen LogP contribution in [0.5, 0.6) is 0 Å². The van der Waals surface area contributed by atoms with Crippen molar-refractivity contribution in [2.24, 2.45) is 0 Å². The maximum atomic E-state index is 12.9. The van der Waals surface area contributed by atoms with Crippen molar-refractivity contribution in [2.45, 2.75) is 46.1 Å². The normalized spacial score (nSPS) is 10.6. The van der Waals surface area contributed by atoms with E-state index in [1.54, 1.807) is 34.5 Å². The summed E-state index contributed by atoms with van der Waals surface area (Å²) >= 11 is 7.59. The van der Waals surface area contributed by atoms with Crippen LogP contribution in [0.4, 0.5) is 0 Å². The van der Waals surface area contributed by atoms with Gasteiger partial charge in [0.25, 0.3) is 11.8 Å². The Balaban J connectivity index is 2.09. The highest BCUT2D eigenvalue weighted by Gasteiger charge is 2.20. The second kappa shape index (κ2) is 11.0. The third-order valence-electron chi connectivity index (χ3n) is 4.10. The minimum absolute atomic E-state index is 0.113. The second-order valence-corrected chi connectivity index (χ2v) is 7.65. The van der Waals surface area contributed by atoms with Crippen LogP contribution in [0.1, 0.15) is 65.4 Å². The maximum absolute atomic E-state index is 12.9. The van der Waals surface area contributed by atoms with E-state index < -0.39 is 0 Å². The third-order valence-corrected chi connectivity index (χ3v) is 5.26. The SMILES string of the molecule is CCCCNC(=O)c1csc(CN(CCCC)C(=O)c2ccccc2Cl)n1. The van der Waals surface area contributed by atoms with Crippen molar-refractivity contribution in [3.05, 3.63) is 50.9 Å². The number of benzene rings is 1. The first kappa shape index (κ1) is 21.4. The van der Waals surface area contributed by atoms with Crippen LogP contribution < -0.4 is 5.32 Å². The highest BCUT2D eigenvalue weighted by Crippen LogP contribution is 2.20. The molecule has 146 valence electrons. The summed E-state index contributed by atoms with van der Waals surface area (Å²) in [6.07, 6.45) is 3.85. The Bertz CT molecular complexity index is 763. The minimum atomic E-state index is -0.163. The van der Waals surface area contributed by atoms with Gasteiger partial charge in [-0.15, -0.1) is 11.3 Å². The van der Waals surface area contributed by atoms with Crippen molar-refractivity contribution < 1.29 is 9.59 Å². The quantitative estimate of drug-likeness (QED) is 0.577. The molecule has 7 heteroatoms. The van der Waals surface area contributed by atoms with Gasteiger partial charge >= 0.3 is 0 Å². The van der Waals surface area contributed by atoms with Crippen molar-refractivity contribution in [3.8, 4) is 0 Å². The number of nitrogens with zero attached hydrogens (tertiary/aromatic N) is 2. The van der Waals surface area contributed by atoms with E-state index >= 15 is 0 Å². The fourth-order valence-electron chi connectivity index (χ4n) is 2.53. The van der Waals surface area contributed by atoms with E-state index in [1.807, 2.05) is 0 Å². The molecule has 0 aliphatic rings. The number of thiazole rings is 1. The molecule has 0 atom stereocenters. The van der Waals surface area contributed by atoms with Gasteiger partial charge in [0.15, 0.2) is 0 Å². The molecular weight excluding hydrogens is 382 g/mol. The molecule has 0 unspecified atom stereocenters. The van der Waals surface area contributed by atoms with E-state index in [9.17, 15) is 9.59 Å². The molecule has 1 N–H and O–H groups in total. The number of hydrogen-bond donors (Lipinski definition) is 1. The van der Waals surface area contributed by atoms with Gasteiger partial charge in [0, 0.05) is 18.5 Å². The molecule has 0 radical (unpaired) electrons. The first-order valence-electron chi connectivity index (χ1n) is 9.33. The fourth-order valence-corrected chi connectivity index (χ4v) is 3.53. The average Bonchev–Trinajstić information content (AvgIpc) is 3.14. The first-order valence-corrected chi connectivity index (χ1v) is 10.6. The number of rotatable bonds is 10. The van der Waals surface area contributed by atoms with E-state index in [2.05, 4.69) is 24.1 Å². The summed E-state index contributed by atoms with van der Waals surface area (Å²) in [5.74, 6) is -0.276. The number of amides is 2. The number of hydrogen-bond acceptors (Lipinski definition) is 4. The smallest absolute Gasteiger partial charge is 0.270 e. The molecule has 0 bridgehead atoms. The van der Waals surface area contributed by atoms with Gasteiger partial charge in [0.1, 0.15) is 10.7 Å². The van der Waals surface area contributed by atoms with E-state index in [0.717, 1.165) is 30.7 Å². The van der Waals surface area contributed by atoms with Gasteiger partial charge in [-0.1, -0.05) is 50.4 Å². The summed E-state index contributed by atoms with van der Waals surface area (Å²) in [5, 5.41) is 5.80. The zero-order chi connectivity index (χ0) is 19.6. The van der Waals surface area contributed by atoms with E-state index in [4.69, 9.17) is 11.6 Å². The molecule has 5 nitrogen and oxygen atoms in total. The second-order valence-electron chi connectivity index (χ2n) is 6.30. The average molecular weight is 408 g/mol. The predicted molar refractivity (Wildman–Crippen MR) is 110 cm³/mol. The summed E-state index contributed by atoms with van der Waals surface area (Å²) < 4.78 is 0. The molecule has 2 amide bonds. The lowest BCUT2D eigenvalue weighted by atomic mass is 10.2. The number of nitrogens with one attached hydrogen (secondary N) is 1. The minimum Gasteiger partial charge on any atom is -0.351 e. The molecule has 2 rings (SSSR count). The Hall–Kier alpha value is -1.92. The van der Waals surface area contributed by atoms with Crippen LogP contribution in [0.15, 0.2) is 29.6 Å². The Morgan fingerprint density at radius 2 is 1.93 bits per heavy atom. The summed E-state index contributed by atoms with van der Waals surface area (Å²) in [6, 6.07) is 7.06. The Morgan fingerprint density at radius 1 is 1.19 bits per heavy atom. The van der Waals surface area contributed by atoms with Crippen molar-refractivity contribution >= 4 is 34.8 Å². The predicted octanol–water partition coefficient (Wildman–Crippen LogP) is 4.77. The lowest BCUT2D eigenvalue weighted by molar-refractivity contribution is 0.0741. The van der Waals surface area contributed by atoms with Gasteiger partial charge < -0.3 is 10.2 Å². The van der Waals surface area contributed by atoms with Gasteiger partial charge in [-0.2, -0.15) is 0 Å². The fraction of sp³-hybridized carbons (Fsp3) is 0.450. The van der Waals surface area contributed by atoms with Crippen LogP contribution in [0, 0.1) is 0 Å². The Kier molecular flexibility index (Phi) is 8.75. The van der Waals surface area contributed by atoms with Gasteiger partial charge in [-0.05, 0) is 25.0 Å². The van der Waals surface area contributed by atoms with E-state index in [0.29, 0.717) is 35.9 Å². The van der Waals surface area contributed by atoms with Gasteiger partial charge in [-0.25, -0.2) is 4.98 Å². The van der Waals surface area contributed by atoms with Crippen molar-refractivity contribution in [1.29, 1.82) is 0 Å². The molecule has 0 saturated carbocycles. The van der Waals surface area contributed by atoms with Crippen LogP contribution in [-0.2, 0) is 6.54 Å². The van der Waals surface area contributed by atoms with Crippen LogP contribution >= 0.6 is 22.9 Å². The Morgan fingerprint density at radius 3 is 2.63 bits per heavy atom. The van der Waals surface area contributed by atoms with Crippen LogP contribution in [-0.4, -0.2) is 34.8 Å². The molecule has 0 aliphatic heterocycles. The highest BCUT2D eigenvalue weighted by molar-refractivity contribution is 7.09. The van der Waals surface area contributed by atoms with E-state index in [1.165, 1.54) is 11.3 Å². The Labute approximate surface area is 169 Å². The third kappa shape index (κ3) is 6.33. The van der Waals surface area contributed by atoms with Gasteiger partial charge in [-0.3, -0.25) is 9.59 Å². The number of aromatic nitrogens is 1. The van der Waals surface area contributed by atoms with Crippen molar-refractivity contribution in [2.75, 3.05) is 13.1 Å². The largest absolute Gasteiger partial charge is 0.351 e. The molecule has 0 spiro atoms. The molecule has 0 saturated heterocycles. The number of unbranched alkanes of at least 4 members (excludes halogenated alkanes) is 2. The van der Waals surface area contributed by atoms with Gasteiger partial charge in [0.2, 0.25) is 0 Å². The zero-order valence-corrected chi connectivity index (χ0v) is 17.4. The molecule has 0 fully saturated rings. The van der Waals surface area contributed by atoms with Crippen molar-refractivity contribution in [3.63, 3.8) is 0 Å². The topological polar surface area (TPSA) is 62.3 Å².